The van der Waals surface area contributed by atoms with Crippen LogP contribution in [-0.4, -0.2) is 3.21 Å². The second-order valence-electron chi connectivity index (χ2n) is 7.66. The normalized spacial score (nSPS) is 11.9. The Bertz CT molecular complexity index is 1370. The van der Waals surface area contributed by atoms with Crippen LogP contribution in [0.15, 0.2) is 85.0 Å². The first-order valence-corrected chi connectivity index (χ1v) is 11.5. The summed E-state index contributed by atoms with van der Waals surface area (Å²) in [4.78, 5) is 0. The second-order valence-corrected chi connectivity index (χ2v) is 10.1. The molecule has 0 N–H and O–H groups in total. The van der Waals surface area contributed by atoms with Gasteiger partial charge in [-0.05, 0) is 11.8 Å². The smallest absolute Gasteiger partial charge is 0.0296 e. The van der Waals surface area contributed by atoms with E-state index in [0.717, 1.165) is 6.42 Å². The molecule has 32 heavy (non-hydrogen) atoms. The van der Waals surface area contributed by atoms with E-state index in [-0.39, 0.29) is 24.8 Å². The molecule has 0 spiro atoms. The van der Waals surface area contributed by atoms with Crippen LogP contribution in [0.5, 0.6) is 0 Å². The summed E-state index contributed by atoms with van der Waals surface area (Å²) in [6.45, 7) is 4.25. The number of halogens is 2. The molecule has 0 bridgehead atoms. The number of rotatable bonds is 0. The molecule has 2 aliphatic rings. The summed E-state index contributed by atoms with van der Waals surface area (Å²) in [6, 6.07) is 23.3. The molecule has 0 radical (unpaired) electrons. The molecular formula is C29H24Cl2Zr-2. The molecule has 0 saturated heterocycles. The van der Waals surface area contributed by atoms with Crippen molar-refractivity contribution in [2.75, 3.05) is 0 Å². The van der Waals surface area contributed by atoms with Gasteiger partial charge in [0.25, 0.3) is 0 Å². The minimum absolute atomic E-state index is 0. The van der Waals surface area contributed by atoms with Crippen LogP contribution in [0.4, 0.5) is 0 Å². The van der Waals surface area contributed by atoms with Crippen molar-refractivity contribution >= 4 is 36.9 Å². The molecule has 4 aromatic carbocycles. The summed E-state index contributed by atoms with van der Waals surface area (Å²) in [7, 11) is 0. The van der Waals surface area contributed by atoms with E-state index in [1.165, 1.54) is 46.3 Å². The van der Waals surface area contributed by atoms with Gasteiger partial charge in [0.1, 0.15) is 0 Å². The van der Waals surface area contributed by atoms with Gasteiger partial charge in [0.05, 0.1) is 0 Å². The predicted octanol–water partition coefficient (Wildman–Crippen LogP) is -0.454. The van der Waals surface area contributed by atoms with Crippen molar-refractivity contribution in [2.45, 2.75) is 20.3 Å². The van der Waals surface area contributed by atoms with Gasteiger partial charge in [-0.1, -0.05) is 59.2 Å². The van der Waals surface area contributed by atoms with Crippen LogP contribution < -0.4 is 35.3 Å². The monoisotopic (exact) mass is 532 g/mol. The Morgan fingerprint density at radius 1 is 0.875 bits per heavy atom. The first kappa shape index (κ1) is 26.3. The Hall–Kier alpha value is -1.92. The van der Waals surface area contributed by atoms with E-state index in [0.29, 0.717) is 0 Å². The van der Waals surface area contributed by atoms with E-state index >= 15 is 0 Å². The first-order chi connectivity index (χ1) is 14.6. The Kier molecular flexibility index (Phi) is 10.2. The van der Waals surface area contributed by atoms with Gasteiger partial charge in [-0.3, -0.25) is 0 Å². The van der Waals surface area contributed by atoms with Gasteiger partial charge >= 0.3 is 41.3 Å². The van der Waals surface area contributed by atoms with Gasteiger partial charge in [-0.25, -0.2) is 0 Å². The maximum Gasteiger partial charge on any atom is -0.0296 e. The van der Waals surface area contributed by atoms with Crippen LogP contribution in [0.1, 0.15) is 25.0 Å². The molecule has 0 fully saturated rings. The minimum Gasteiger partial charge on any atom is -1.00 e. The molecule has 0 nitrogen and oxygen atoms in total. The Morgan fingerprint density at radius 3 is 2.25 bits per heavy atom. The number of fused-ring (bicyclic) bond motifs is 7. The van der Waals surface area contributed by atoms with E-state index in [2.05, 4.69) is 111 Å². The number of benzene rings is 3. The Morgan fingerprint density at radius 2 is 1.53 bits per heavy atom. The van der Waals surface area contributed by atoms with Crippen molar-refractivity contribution in [1.29, 1.82) is 0 Å². The average Bonchev–Trinajstić information content (AvgIpc) is 3.44. The quantitative estimate of drug-likeness (QED) is 0.268. The second kappa shape index (κ2) is 12.4. The Labute approximate surface area is 217 Å². The molecule has 0 aromatic heterocycles. The fraction of sp³-hybridized carbons (Fsp3) is 0.103. The van der Waals surface area contributed by atoms with Gasteiger partial charge in [-0.2, -0.15) is 29.7 Å². The number of hydrogen-bond acceptors (Lipinski definition) is 0. The Balaban J connectivity index is 0.000000206. The van der Waals surface area contributed by atoms with Crippen LogP contribution in [0.25, 0.3) is 33.7 Å². The molecule has 3 heteroatoms. The van der Waals surface area contributed by atoms with Crippen molar-refractivity contribution in [3.63, 3.8) is 0 Å². The van der Waals surface area contributed by atoms with E-state index in [4.69, 9.17) is 0 Å². The number of allylic oxidation sites excluding steroid dienone is 3. The van der Waals surface area contributed by atoms with Crippen LogP contribution in [0, 0.1) is 6.08 Å². The first-order valence-electron chi connectivity index (χ1n) is 10.3. The zero-order valence-corrected chi connectivity index (χ0v) is 22.2. The molecule has 6 rings (SSSR count). The van der Waals surface area contributed by atoms with E-state index in [1.54, 1.807) is 24.2 Å². The summed E-state index contributed by atoms with van der Waals surface area (Å²) in [6.07, 6.45) is 15.2. The molecule has 0 aliphatic heterocycles. The summed E-state index contributed by atoms with van der Waals surface area (Å²) < 4.78 is 1.51. The summed E-state index contributed by atoms with van der Waals surface area (Å²) >= 11 is 1.55. The van der Waals surface area contributed by atoms with Crippen LogP contribution in [-0.2, 0) is 30.7 Å². The molecule has 160 valence electrons. The van der Waals surface area contributed by atoms with Gasteiger partial charge in [0.2, 0.25) is 0 Å². The van der Waals surface area contributed by atoms with E-state index < -0.39 is 0 Å². The topological polar surface area (TPSA) is 0 Å². The fourth-order valence-electron chi connectivity index (χ4n) is 3.92. The van der Waals surface area contributed by atoms with Crippen LogP contribution in [0.2, 0.25) is 0 Å². The van der Waals surface area contributed by atoms with Gasteiger partial charge in [-0.15, -0.1) is 52.1 Å². The summed E-state index contributed by atoms with van der Waals surface area (Å²) in [5.41, 5.74) is 2.71. The molecule has 0 heterocycles. The third kappa shape index (κ3) is 5.90. The van der Waals surface area contributed by atoms with E-state index in [9.17, 15) is 0 Å². The molecule has 0 amide bonds. The van der Waals surface area contributed by atoms with Crippen molar-refractivity contribution in [2.24, 2.45) is 0 Å². The molecule has 4 aromatic rings. The summed E-state index contributed by atoms with van der Waals surface area (Å²) in [5, 5.41) is 8.07. The van der Waals surface area contributed by atoms with Crippen molar-refractivity contribution in [3.8, 4) is 0 Å². The largest absolute Gasteiger partial charge is 1.00 e. The molecule has 2 aliphatic carbocycles. The third-order valence-electron chi connectivity index (χ3n) is 5.15. The number of hydrogen-bond donors (Lipinski definition) is 0. The zero-order chi connectivity index (χ0) is 20.9. The fourth-order valence-corrected chi connectivity index (χ4v) is 3.92. The van der Waals surface area contributed by atoms with E-state index in [1.807, 2.05) is 6.08 Å². The standard InChI is InChI=1S/C17H11.C9H7.C3H6.2ClH.Zr/c1-3-8-14-12(6-1)13-7-2-4-9-15(13)17-11-5-10-16(14)17;1-2-5-9-7-3-6-8(9)4-1;1-3-2;;;/h1-8,10H,9H2;1-7H;1-2H3;2*1H;/q2*-1;;;;+2/p-2. The van der Waals surface area contributed by atoms with Gasteiger partial charge in [0, 0.05) is 0 Å². The SMILES string of the molecule is C[C](C)=[Zr+2].[C-]1=CC=c2c1c1c(c3ccccc23)=CC=CC1.[Cl-].[Cl-].c1ccc2[cH-]ccc2c1. The average molecular weight is 535 g/mol. The predicted molar refractivity (Wildman–Crippen MR) is 128 cm³/mol. The molecular weight excluding hydrogens is 510 g/mol. The van der Waals surface area contributed by atoms with Crippen LogP contribution >= 0.6 is 0 Å². The van der Waals surface area contributed by atoms with Gasteiger partial charge in [0.15, 0.2) is 0 Å². The molecule has 0 atom stereocenters. The minimum atomic E-state index is 0. The maximum atomic E-state index is 3.39. The maximum absolute atomic E-state index is 3.39. The van der Waals surface area contributed by atoms with Crippen molar-refractivity contribution < 1.29 is 49.0 Å². The molecule has 0 unspecified atom stereocenters. The zero-order valence-electron chi connectivity index (χ0n) is 18.2. The van der Waals surface area contributed by atoms with Gasteiger partial charge < -0.3 is 24.8 Å². The third-order valence-corrected chi connectivity index (χ3v) is 5.15. The van der Waals surface area contributed by atoms with Crippen molar-refractivity contribution in [1.82, 2.24) is 0 Å². The van der Waals surface area contributed by atoms with Crippen LogP contribution in [0.3, 0.4) is 0 Å². The van der Waals surface area contributed by atoms with Crippen molar-refractivity contribution in [3.05, 3.63) is 113 Å². The molecule has 0 saturated carbocycles. The summed E-state index contributed by atoms with van der Waals surface area (Å²) in [5.74, 6) is 0.